The van der Waals surface area contributed by atoms with Gasteiger partial charge in [-0.05, 0) is 61.1 Å². The highest BCUT2D eigenvalue weighted by atomic mass is 19.1. The molecular weight excluding hydrogens is 477 g/mol. The van der Waals surface area contributed by atoms with Gasteiger partial charge in [0.05, 0.1) is 0 Å². The monoisotopic (exact) mass is 511 g/mol. The van der Waals surface area contributed by atoms with E-state index in [4.69, 9.17) is 0 Å². The van der Waals surface area contributed by atoms with Crippen molar-refractivity contribution in [3.63, 3.8) is 0 Å². The number of nitrogens with one attached hydrogen (secondary N) is 1. The van der Waals surface area contributed by atoms with Crippen molar-refractivity contribution in [2.75, 3.05) is 13.1 Å². The second-order valence-corrected chi connectivity index (χ2v) is 10.4. The zero-order valence-corrected chi connectivity index (χ0v) is 21.8. The quantitative estimate of drug-likeness (QED) is 0.283. The van der Waals surface area contributed by atoms with Gasteiger partial charge in [-0.25, -0.2) is 4.39 Å². The number of aromatic nitrogens is 1. The number of carbonyl (C=O) groups excluding carboxylic acids is 2. The van der Waals surface area contributed by atoms with Crippen molar-refractivity contribution in [3.05, 3.63) is 107 Å². The van der Waals surface area contributed by atoms with Crippen molar-refractivity contribution in [2.45, 2.75) is 45.7 Å². The number of benzene rings is 3. The molecule has 0 bridgehead atoms. The summed E-state index contributed by atoms with van der Waals surface area (Å²) in [6, 6.07) is 22.5. The Labute approximate surface area is 223 Å². The van der Waals surface area contributed by atoms with Crippen LogP contribution in [-0.4, -0.2) is 39.7 Å². The average Bonchev–Trinajstić information content (AvgIpc) is 3.30. The van der Waals surface area contributed by atoms with Crippen LogP contribution >= 0.6 is 0 Å². The van der Waals surface area contributed by atoms with E-state index in [-0.39, 0.29) is 30.1 Å². The highest BCUT2D eigenvalue weighted by Crippen LogP contribution is 2.29. The van der Waals surface area contributed by atoms with E-state index in [0.717, 1.165) is 46.9 Å². The SMILES string of the molecule is Cc1ccc(CN(CCc2c[nH]c3ccccc23)C(=O)CN(Cc2ccc(F)cc2)C(=O)C2CCC2)cc1. The van der Waals surface area contributed by atoms with Gasteiger partial charge in [0.2, 0.25) is 11.8 Å². The molecule has 196 valence electrons. The number of para-hydroxylation sites is 1. The number of carbonyl (C=O) groups is 2. The summed E-state index contributed by atoms with van der Waals surface area (Å²) in [4.78, 5) is 33.9. The molecule has 2 amide bonds. The lowest BCUT2D eigenvalue weighted by Crippen LogP contribution is -2.46. The molecule has 1 saturated carbocycles. The number of aromatic amines is 1. The number of H-pyrrole nitrogens is 1. The molecule has 1 aromatic heterocycles. The Kier molecular flexibility index (Phi) is 7.87. The maximum absolute atomic E-state index is 13.8. The molecule has 0 spiro atoms. The maximum atomic E-state index is 13.8. The van der Waals surface area contributed by atoms with Crippen LogP contribution in [0, 0.1) is 18.7 Å². The lowest BCUT2D eigenvalue weighted by molar-refractivity contribution is -0.145. The van der Waals surface area contributed by atoms with E-state index in [0.29, 0.717) is 26.1 Å². The predicted octanol–water partition coefficient (Wildman–Crippen LogP) is 6.02. The van der Waals surface area contributed by atoms with Crippen LogP contribution in [0.15, 0.2) is 79.0 Å². The summed E-state index contributed by atoms with van der Waals surface area (Å²) >= 11 is 0. The molecule has 1 N–H and O–H groups in total. The van der Waals surface area contributed by atoms with Gasteiger partial charge >= 0.3 is 0 Å². The van der Waals surface area contributed by atoms with E-state index in [1.807, 2.05) is 36.2 Å². The maximum Gasteiger partial charge on any atom is 0.242 e. The van der Waals surface area contributed by atoms with Crippen LogP contribution in [0.3, 0.4) is 0 Å². The minimum absolute atomic E-state index is 0.00640. The van der Waals surface area contributed by atoms with Crippen LogP contribution < -0.4 is 0 Å². The Hall–Kier alpha value is -3.93. The first-order chi connectivity index (χ1) is 18.5. The molecular formula is C32H34FN3O2. The van der Waals surface area contributed by atoms with Gasteiger partial charge in [0, 0.05) is 42.7 Å². The molecule has 1 heterocycles. The van der Waals surface area contributed by atoms with Crippen LogP contribution in [-0.2, 0) is 29.1 Å². The molecule has 5 rings (SSSR count). The van der Waals surface area contributed by atoms with Crippen molar-refractivity contribution in [2.24, 2.45) is 5.92 Å². The summed E-state index contributed by atoms with van der Waals surface area (Å²) in [7, 11) is 0. The number of fused-ring (bicyclic) bond motifs is 1. The third kappa shape index (κ3) is 6.13. The van der Waals surface area contributed by atoms with Gasteiger partial charge in [0.1, 0.15) is 12.4 Å². The number of amides is 2. The lowest BCUT2D eigenvalue weighted by atomic mass is 9.84. The molecule has 1 aliphatic rings. The molecule has 0 atom stereocenters. The van der Waals surface area contributed by atoms with Gasteiger partial charge in [-0.1, -0.05) is 66.6 Å². The summed E-state index contributed by atoms with van der Waals surface area (Å²) in [6.07, 6.45) is 5.48. The average molecular weight is 512 g/mol. The lowest BCUT2D eigenvalue weighted by Gasteiger charge is -2.33. The first-order valence-electron chi connectivity index (χ1n) is 13.4. The minimum atomic E-state index is -0.316. The Morgan fingerprint density at radius 3 is 2.24 bits per heavy atom. The standard InChI is InChI=1S/C32H34FN3O2/c1-23-9-11-24(12-10-23)20-35(18-17-27-19-34-30-8-3-2-7-29(27)30)31(37)22-36(32(38)26-5-4-6-26)21-25-13-15-28(33)16-14-25/h2-3,7-16,19,26,34H,4-6,17-18,20-22H2,1H3. The van der Waals surface area contributed by atoms with Crippen LogP contribution in [0.1, 0.15) is 41.5 Å². The Balaban J connectivity index is 1.35. The summed E-state index contributed by atoms with van der Waals surface area (Å²) in [5.41, 5.74) is 5.28. The Morgan fingerprint density at radius 1 is 0.895 bits per heavy atom. The molecule has 3 aromatic carbocycles. The first kappa shape index (κ1) is 25.7. The van der Waals surface area contributed by atoms with Gasteiger partial charge in [-0.15, -0.1) is 0 Å². The predicted molar refractivity (Wildman–Crippen MR) is 148 cm³/mol. The van der Waals surface area contributed by atoms with Crippen LogP contribution in [0.25, 0.3) is 10.9 Å². The molecule has 1 fully saturated rings. The number of rotatable bonds is 10. The number of nitrogens with zero attached hydrogens (tertiary/aromatic N) is 2. The molecule has 5 nitrogen and oxygen atoms in total. The van der Waals surface area contributed by atoms with Crippen molar-refractivity contribution < 1.29 is 14.0 Å². The fraction of sp³-hybridized carbons (Fsp3) is 0.312. The van der Waals surface area contributed by atoms with E-state index < -0.39 is 0 Å². The number of halogens is 1. The zero-order valence-electron chi connectivity index (χ0n) is 21.8. The van der Waals surface area contributed by atoms with Crippen molar-refractivity contribution >= 4 is 22.7 Å². The van der Waals surface area contributed by atoms with E-state index >= 15 is 0 Å². The fourth-order valence-corrected chi connectivity index (χ4v) is 5.00. The molecule has 38 heavy (non-hydrogen) atoms. The van der Waals surface area contributed by atoms with Gasteiger partial charge in [0.15, 0.2) is 0 Å². The molecule has 4 aromatic rings. The first-order valence-corrected chi connectivity index (χ1v) is 13.4. The zero-order chi connectivity index (χ0) is 26.5. The molecule has 0 aliphatic heterocycles. The summed E-state index contributed by atoms with van der Waals surface area (Å²) in [5, 5.41) is 1.16. The minimum Gasteiger partial charge on any atom is -0.361 e. The van der Waals surface area contributed by atoms with Crippen molar-refractivity contribution in [3.8, 4) is 0 Å². The summed E-state index contributed by atoms with van der Waals surface area (Å²) in [6.45, 7) is 3.36. The van der Waals surface area contributed by atoms with E-state index in [1.165, 1.54) is 17.7 Å². The molecule has 1 aliphatic carbocycles. The van der Waals surface area contributed by atoms with Crippen LogP contribution in [0.2, 0.25) is 0 Å². The largest absolute Gasteiger partial charge is 0.361 e. The topological polar surface area (TPSA) is 56.4 Å². The number of hydrogen-bond acceptors (Lipinski definition) is 2. The van der Waals surface area contributed by atoms with Crippen LogP contribution in [0.5, 0.6) is 0 Å². The third-order valence-corrected chi connectivity index (χ3v) is 7.55. The summed E-state index contributed by atoms with van der Waals surface area (Å²) < 4.78 is 13.5. The smallest absolute Gasteiger partial charge is 0.242 e. The van der Waals surface area contributed by atoms with E-state index in [9.17, 15) is 14.0 Å². The van der Waals surface area contributed by atoms with Gasteiger partial charge in [0.25, 0.3) is 0 Å². The van der Waals surface area contributed by atoms with Gasteiger partial charge in [-0.2, -0.15) is 0 Å². The van der Waals surface area contributed by atoms with E-state index in [1.54, 1.807) is 17.0 Å². The number of aryl methyl sites for hydroxylation is 1. The Bertz CT molecular complexity index is 1390. The molecule has 0 saturated heterocycles. The Morgan fingerprint density at radius 2 is 1.55 bits per heavy atom. The number of hydrogen-bond donors (Lipinski definition) is 1. The highest BCUT2D eigenvalue weighted by Gasteiger charge is 2.31. The fourth-order valence-electron chi connectivity index (χ4n) is 5.00. The molecule has 0 unspecified atom stereocenters. The van der Waals surface area contributed by atoms with Gasteiger partial charge in [-0.3, -0.25) is 9.59 Å². The van der Waals surface area contributed by atoms with Crippen molar-refractivity contribution in [1.29, 1.82) is 0 Å². The van der Waals surface area contributed by atoms with Crippen molar-refractivity contribution in [1.82, 2.24) is 14.8 Å². The van der Waals surface area contributed by atoms with E-state index in [2.05, 4.69) is 35.3 Å². The second-order valence-electron chi connectivity index (χ2n) is 10.4. The highest BCUT2D eigenvalue weighted by molar-refractivity contribution is 5.86. The normalized spacial score (nSPS) is 13.3. The summed E-state index contributed by atoms with van der Waals surface area (Å²) in [5.74, 6) is -0.413. The second kappa shape index (κ2) is 11.6. The molecule has 6 heteroatoms. The third-order valence-electron chi connectivity index (χ3n) is 7.55. The molecule has 0 radical (unpaired) electrons. The van der Waals surface area contributed by atoms with Crippen LogP contribution in [0.4, 0.5) is 4.39 Å². The van der Waals surface area contributed by atoms with Gasteiger partial charge < -0.3 is 14.8 Å².